The molecule has 0 aliphatic carbocycles. The summed E-state index contributed by atoms with van der Waals surface area (Å²) in [6.07, 6.45) is 2.67. The van der Waals surface area contributed by atoms with Gasteiger partial charge in [-0.2, -0.15) is 0 Å². The summed E-state index contributed by atoms with van der Waals surface area (Å²) in [5.74, 6) is -0.360. The molecule has 8 heteroatoms. The van der Waals surface area contributed by atoms with Gasteiger partial charge in [-0.3, -0.25) is 9.10 Å². The number of benzene rings is 2. The van der Waals surface area contributed by atoms with Crippen LogP contribution >= 0.6 is 11.6 Å². The first-order valence-corrected chi connectivity index (χ1v) is 12.1. The van der Waals surface area contributed by atoms with Gasteiger partial charge in [0, 0.05) is 30.2 Å². The fourth-order valence-electron chi connectivity index (χ4n) is 3.81. The van der Waals surface area contributed by atoms with Gasteiger partial charge in [0.15, 0.2) is 0 Å². The van der Waals surface area contributed by atoms with Gasteiger partial charge >= 0.3 is 0 Å². The molecule has 0 bridgehead atoms. The zero-order chi connectivity index (χ0) is 21.8. The van der Waals surface area contributed by atoms with Crippen LogP contribution in [-0.2, 0) is 25.0 Å². The van der Waals surface area contributed by atoms with Gasteiger partial charge in [-0.25, -0.2) is 8.42 Å². The molecule has 3 rings (SSSR count). The van der Waals surface area contributed by atoms with Crippen LogP contribution in [0, 0.1) is 6.92 Å². The van der Waals surface area contributed by atoms with Gasteiger partial charge in [0.2, 0.25) is 15.9 Å². The van der Waals surface area contributed by atoms with Crippen LogP contribution in [0.3, 0.4) is 0 Å². The Morgan fingerprint density at radius 1 is 1.17 bits per heavy atom. The third kappa shape index (κ3) is 5.33. The fourth-order valence-corrected chi connectivity index (χ4v) is 4.88. The van der Waals surface area contributed by atoms with Crippen molar-refractivity contribution >= 4 is 33.2 Å². The van der Waals surface area contributed by atoms with E-state index in [4.69, 9.17) is 16.3 Å². The van der Waals surface area contributed by atoms with Gasteiger partial charge < -0.3 is 10.1 Å². The Balaban J connectivity index is 1.77. The number of nitrogens with zero attached hydrogens (tertiary/aromatic N) is 1. The Bertz CT molecular complexity index is 989. The summed E-state index contributed by atoms with van der Waals surface area (Å²) in [5, 5.41) is 3.38. The summed E-state index contributed by atoms with van der Waals surface area (Å²) >= 11 is 6.06. The lowest BCUT2D eigenvalue weighted by Gasteiger charge is -2.38. The van der Waals surface area contributed by atoms with Gasteiger partial charge in [-0.1, -0.05) is 48.0 Å². The van der Waals surface area contributed by atoms with Crippen molar-refractivity contribution < 1.29 is 17.9 Å². The molecule has 162 valence electrons. The molecule has 1 heterocycles. The molecule has 0 radical (unpaired) electrons. The molecule has 1 fully saturated rings. The van der Waals surface area contributed by atoms with Crippen molar-refractivity contribution in [2.24, 2.45) is 0 Å². The lowest BCUT2D eigenvalue weighted by Crippen LogP contribution is -2.47. The maximum absolute atomic E-state index is 12.8. The summed E-state index contributed by atoms with van der Waals surface area (Å²) in [6.45, 7) is 3.16. The second kappa shape index (κ2) is 9.37. The molecule has 1 aliphatic heterocycles. The highest BCUT2D eigenvalue weighted by Gasteiger charge is 2.35. The quantitative estimate of drug-likeness (QED) is 0.702. The molecule has 1 aliphatic rings. The van der Waals surface area contributed by atoms with Gasteiger partial charge in [0.05, 0.1) is 11.9 Å². The minimum Gasteiger partial charge on any atom is -0.381 e. The van der Waals surface area contributed by atoms with E-state index in [0.717, 1.165) is 34.5 Å². The van der Waals surface area contributed by atoms with Crippen molar-refractivity contribution in [2.75, 3.05) is 36.9 Å². The van der Waals surface area contributed by atoms with E-state index >= 15 is 0 Å². The molecule has 1 saturated heterocycles. The molecule has 0 aromatic heterocycles. The number of sulfonamides is 1. The lowest BCUT2D eigenvalue weighted by molar-refractivity contribution is -0.120. The van der Waals surface area contributed by atoms with E-state index in [9.17, 15) is 13.2 Å². The third-order valence-corrected chi connectivity index (χ3v) is 6.95. The Labute approximate surface area is 183 Å². The van der Waals surface area contributed by atoms with Crippen LogP contribution in [0.25, 0.3) is 0 Å². The van der Waals surface area contributed by atoms with Gasteiger partial charge in [-0.05, 0) is 43.0 Å². The van der Waals surface area contributed by atoms with Crippen LogP contribution in [0.1, 0.15) is 24.0 Å². The van der Waals surface area contributed by atoms with E-state index in [0.29, 0.717) is 30.5 Å². The Hall–Kier alpha value is -2.09. The average molecular weight is 451 g/mol. The molecule has 0 saturated carbocycles. The number of amides is 1. The highest BCUT2D eigenvalue weighted by Crippen LogP contribution is 2.34. The summed E-state index contributed by atoms with van der Waals surface area (Å²) in [4.78, 5) is 12.8. The molecule has 2 aromatic carbocycles. The summed E-state index contributed by atoms with van der Waals surface area (Å²) in [7, 11) is -3.67. The van der Waals surface area contributed by atoms with Crippen LogP contribution in [0.15, 0.2) is 48.5 Å². The number of carbonyl (C=O) groups is 1. The predicted octanol–water partition coefficient (Wildman–Crippen LogP) is 3.28. The van der Waals surface area contributed by atoms with Crippen LogP contribution in [0.5, 0.6) is 0 Å². The molecular formula is C22H27ClN2O4S. The van der Waals surface area contributed by atoms with Crippen molar-refractivity contribution in [3.05, 3.63) is 64.7 Å². The van der Waals surface area contributed by atoms with Crippen LogP contribution in [-0.4, -0.2) is 46.9 Å². The number of aryl methyl sites for hydroxylation is 1. The molecule has 0 atom stereocenters. The molecular weight excluding hydrogens is 424 g/mol. The highest BCUT2D eigenvalue weighted by molar-refractivity contribution is 7.92. The van der Waals surface area contributed by atoms with Gasteiger partial charge in [0.25, 0.3) is 0 Å². The highest BCUT2D eigenvalue weighted by atomic mass is 35.5. The zero-order valence-corrected chi connectivity index (χ0v) is 18.8. The van der Waals surface area contributed by atoms with E-state index in [1.54, 1.807) is 25.1 Å². The lowest BCUT2D eigenvalue weighted by atomic mass is 9.74. The second-order valence-electron chi connectivity index (χ2n) is 7.74. The third-order valence-electron chi connectivity index (χ3n) is 5.59. The molecule has 30 heavy (non-hydrogen) atoms. The topological polar surface area (TPSA) is 75.7 Å². The number of hydrogen-bond acceptors (Lipinski definition) is 4. The van der Waals surface area contributed by atoms with E-state index in [-0.39, 0.29) is 17.9 Å². The Kier molecular flexibility index (Phi) is 7.06. The maximum atomic E-state index is 12.8. The minimum atomic E-state index is -3.67. The number of anilines is 1. The number of ether oxygens (including phenoxy) is 1. The van der Waals surface area contributed by atoms with Crippen molar-refractivity contribution in [3.63, 3.8) is 0 Å². The number of hydrogen-bond donors (Lipinski definition) is 1. The first kappa shape index (κ1) is 22.6. The van der Waals surface area contributed by atoms with Crippen molar-refractivity contribution in [3.8, 4) is 0 Å². The minimum absolute atomic E-state index is 0.225. The van der Waals surface area contributed by atoms with E-state index in [1.165, 1.54) is 0 Å². The standard InChI is InChI=1S/C22H27ClN2O4S/c1-17-8-9-19(23)14-20(17)25(30(2,27)28)15-21(26)24-16-22(10-12-29-13-11-22)18-6-4-3-5-7-18/h3-9,14H,10-13,15-16H2,1-2H3,(H,24,26). The molecule has 6 nitrogen and oxygen atoms in total. The zero-order valence-electron chi connectivity index (χ0n) is 17.2. The van der Waals surface area contributed by atoms with Crippen molar-refractivity contribution in [1.29, 1.82) is 0 Å². The smallest absolute Gasteiger partial charge is 0.240 e. The molecule has 1 N–H and O–H groups in total. The molecule has 1 amide bonds. The number of rotatable bonds is 7. The van der Waals surface area contributed by atoms with E-state index < -0.39 is 10.0 Å². The summed E-state index contributed by atoms with van der Waals surface area (Å²) in [5.41, 5.74) is 2.06. The first-order chi connectivity index (χ1) is 14.2. The Morgan fingerprint density at radius 3 is 2.47 bits per heavy atom. The number of carbonyl (C=O) groups excluding carboxylic acids is 1. The molecule has 2 aromatic rings. The first-order valence-electron chi connectivity index (χ1n) is 9.85. The van der Waals surface area contributed by atoms with Gasteiger partial charge in [-0.15, -0.1) is 0 Å². The van der Waals surface area contributed by atoms with E-state index in [2.05, 4.69) is 17.4 Å². The normalized spacial score (nSPS) is 16.1. The SMILES string of the molecule is Cc1ccc(Cl)cc1N(CC(=O)NCC1(c2ccccc2)CCOCC1)S(C)(=O)=O. The van der Waals surface area contributed by atoms with Crippen LogP contribution in [0.4, 0.5) is 5.69 Å². The van der Waals surface area contributed by atoms with Crippen molar-refractivity contribution in [1.82, 2.24) is 5.32 Å². The second-order valence-corrected chi connectivity index (χ2v) is 10.1. The monoisotopic (exact) mass is 450 g/mol. The Morgan fingerprint density at radius 2 is 1.83 bits per heavy atom. The van der Waals surface area contributed by atoms with Crippen LogP contribution < -0.4 is 9.62 Å². The predicted molar refractivity (Wildman–Crippen MR) is 120 cm³/mol. The van der Waals surface area contributed by atoms with Gasteiger partial charge in [0.1, 0.15) is 6.54 Å². The summed E-state index contributed by atoms with van der Waals surface area (Å²) in [6, 6.07) is 15.1. The van der Waals surface area contributed by atoms with Crippen molar-refractivity contribution in [2.45, 2.75) is 25.2 Å². The largest absolute Gasteiger partial charge is 0.381 e. The summed E-state index contributed by atoms with van der Waals surface area (Å²) < 4.78 is 31.4. The molecule has 0 unspecified atom stereocenters. The molecule has 0 spiro atoms. The fraction of sp³-hybridized carbons (Fsp3) is 0.409. The van der Waals surface area contributed by atoms with Crippen LogP contribution in [0.2, 0.25) is 5.02 Å². The number of nitrogens with one attached hydrogen (secondary N) is 1. The average Bonchev–Trinajstić information content (AvgIpc) is 2.73. The maximum Gasteiger partial charge on any atom is 0.240 e. The number of halogens is 1. The van der Waals surface area contributed by atoms with E-state index in [1.807, 2.05) is 18.2 Å².